The van der Waals surface area contributed by atoms with Gasteiger partial charge < -0.3 is 5.73 Å². The van der Waals surface area contributed by atoms with Crippen LogP contribution < -0.4 is 11.3 Å². The zero-order valence-corrected chi connectivity index (χ0v) is 13.0. The van der Waals surface area contributed by atoms with E-state index < -0.39 is 0 Å². The van der Waals surface area contributed by atoms with Gasteiger partial charge in [-0.2, -0.15) is 0 Å². The molecule has 1 aliphatic carbocycles. The molecule has 0 aromatic carbocycles. The maximum Gasteiger partial charge on any atom is 0.262 e. The van der Waals surface area contributed by atoms with Crippen LogP contribution in [0.4, 0.5) is 0 Å². The van der Waals surface area contributed by atoms with Gasteiger partial charge in [0.05, 0.1) is 5.39 Å². The van der Waals surface area contributed by atoms with Crippen molar-refractivity contribution in [2.24, 2.45) is 5.73 Å². The summed E-state index contributed by atoms with van der Waals surface area (Å²) in [5.74, 6) is 0.387. The van der Waals surface area contributed by atoms with Gasteiger partial charge >= 0.3 is 0 Å². The molecule has 6 heteroatoms. The third-order valence-corrected chi connectivity index (χ3v) is 5.26. The van der Waals surface area contributed by atoms with Gasteiger partial charge in [-0.3, -0.25) is 14.2 Å². The summed E-state index contributed by atoms with van der Waals surface area (Å²) in [6, 6.07) is 0. The summed E-state index contributed by atoms with van der Waals surface area (Å²) in [7, 11) is 0. The number of carbonyl (C=O) groups excluding carboxylic acids is 1. The quantitative estimate of drug-likeness (QED) is 0.937. The fourth-order valence-corrected chi connectivity index (χ4v) is 4.31. The second kappa shape index (κ2) is 5.60. The summed E-state index contributed by atoms with van der Waals surface area (Å²) in [5.41, 5.74) is 6.41. The number of thiophene rings is 1. The molecule has 0 bridgehead atoms. The van der Waals surface area contributed by atoms with Crippen LogP contribution in [-0.2, 0) is 24.2 Å². The number of aromatic nitrogens is 2. The summed E-state index contributed by atoms with van der Waals surface area (Å²) in [4.78, 5) is 30.4. The Morgan fingerprint density at radius 3 is 2.90 bits per heavy atom. The minimum absolute atomic E-state index is 0.0429. The van der Waals surface area contributed by atoms with Crippen LogP contribution in [0.25, 0.3) is 10.2 Å². The first-order chi connectivity index (χ1) is 10.1. The lowest BCUT2D eigenvalue weighted by atomic mass is 9.97. The smallest absolute Gasteiger partial charge is 0.262 e. The molecular weight excluding hydrogens is 286 g/mol. The first-order valence-corrected chi connectivity index (χ1v) is 8.19. The van der Waals surface area contributed by atoms with E-state index in [1.807, 2.05) is 6.92 Å². The molecule has 0 saturated carbocycles. The van der Waals surface area contributed by atoms with Crippen LogP contribution >= 0.6 is 11.3 Å². The van der Waals surface area contributed by atoms with Gasteiger partial charge in [-0.15, -0.1) is 11.3 Å². The molecule has 0 aliphatic heterocycles. The molecule has 0 fully saturated rings. The predicted molar refractivity (Wildman–Crippen MR) is 83.7 cm³/mol. The molecule has 0 saturated heterocycles. The molecule has 2 heterocycles. The summed E-state index contributed by atoms with van der Waals surface area (Å²) >= 11 is 1.67. The molecule has 2 aromatic rings. The number of fused-ring (bicyclic) bond motifs is 3. The number of rotatable bonds is 4. The Balaban J connectivity index is 2.05. The molecule has 0 atom stereocenters. The Hall–Kier alpha value is -1.69. The summed E-state index contributed by atoms with van der Waals surface area (Å²) in [5, 5.41) is 0.805. The Morgan fingerprint density at radius 2 is 2.14 bits per heavy atom. The van der Waals surface area contributed by atoms with Gasteiger partial charge in [0.1, 0.15) is 10.7 Å². The number of hydrogen-bond acceptors (Lipinski definition) is 4. The van der Waals surface area contributed by atoms with Crippen LogP contribution in [-0.4, -0.2) is 15.5 Å². The summed E-state index contributed by atoms with van der Waals surface area (Å²) < 4.78 is 1.69. The lowest BCUT2D eigenvalue weighted by Gasteiger charge is -2.11. The fraction of sp³-hybridized carbons (Fsp3) is 0.533. The van der Waals surface area contributed by atoms with E-state index in [4.69, 9.17) is 5.73 Å². The molecular formula is C15H19N3O2S. The highest BCUT2D eigenvalue weighted by Gasteiger charge is 2.20. The van der Waals surface area contributed by atoms with E-state index in [9.17, 15) is 9.59 Å². The number of amides is 1. The second-order valence-electron chi connectivity index (χ2n) is 5.58. The molecule has 0 radical (unpaired) electrons. The lowest BCUT2D eigenvalue weighted by molar-refractivity contribution is -0.118. The zero-order valence-electron chi connectivity index (χ0n) is 12.1. The van der Waals surface area contributed by atoms with E-state index in [1.54, 1.807) is 15.9 Å². The van der Waals surface area contributed by atoms with Gasteiger partial charge in [-0.1, -0.05) is 0 Å². The van der Waals surface area contributed by atoms with Crippen molar-refractivity contribution in [2.75, 3.05) is 0 Å². The average molecular weight is 305 g/mol. The third kappa shape index (κ3) is 2.60. The van der Waals surface area contributed by atoms with E-state index in [0.717, 1.165) is 35.3 Å². The maximum atomic E-state index is 12.8. The topological polar surface area (TPSA) is 78.0 Å². The van der Waals surface area contributed by atoms with Gasteiger partial charge in [-0.05, 0) is 44.6 Å². The highest BCUT2D eigenvalue weighted by molar-refractivity contribution is 7.18. The Bertz CT molecular complexity index is 760. The molecule has 0 spiro atoms. The molecule has 2 aromatic heterocycles. The highest BCUT2D eigenvalue weighted by Crippen LogP contribution is 2.33. The van der Waals surface area contributed by atoms with Crippen LogP contribution in [0.5, 0.6) is 0 Å². The summed E-state index contributed by atoms with van der Waals surface area (Å²) in [6.45, 7) is 2.35. The number of aryl methyl sites for hydroxylation is 3. The van der Waals surface area contributed by atoms with Crippen molar-refractivity contribution >= 4 is 27.5 Å². The van der Waals surface area contributed by atoms with Gasteiger partial charge in [0.25, 0.3) is 5.56 Å². The Morgan fingerprint density at radius 1 is 1.38 bits per heavy atom. The van der Waals surface area contributed by atoms with Crippen LogP contribution in [0.15, 0.2) is 4.79 Å². The number of carbonyl (C=O) groups is 1. The molecule has 2 N–H and O–H groups in total. The van der Waals surface area contributed by atoms with Crippen molar-refractivity contribution in [2.45, 2.75) is 52.0 Å². The largest absolute Gasteiger partial charge is 0.370 e. The van der Waals surface area contributed by atoms with Crippen molar-refractivity contribution in [1.82, 2.24) is 9.55 Å². The van der Waals surface area contributed by atoms with Crippen molar-refractivity contribution in [1.29, 1.82) is 0 Å². The molecule has 0 unspecified atom stereocenters. The Labute approximate surface area is 126 Å². The zero-order chi connectivity index (χ0) is 15.0. The highest BCUT2D eigenvalue weighted by atomic mass is 32.1. The molecule has 1 amide bonds. The van der Waals surface area contributed by atoms with Crippen molar-refractivity contribution in [3.05, 3.63) is 26.6 Å². The fourth-order valence-electron chi connectivity index (χ4n) is 3.01. The van der Waals surface area contributed by atoms with Crippen LogP contribution in [0, 0.1) is 6.92 Å². The average Bonchev–Trinajstić information content (AvgIpc) is 2.80. The maximum absolute atomic E-state index is 12.8. The van der Waals surface area contributed by atoms with E-state index in [-0.39, 0.29) is 11.5 Å². The van der Waals surface area contributed by atoms with Gasteiger partial charge in [0.15, 0.2) is 0 Å². The van der Waals surface area contributed by atoms with Crippen molar-refractivity contribution < 1.29 is 4.79 Å². The third-order valence-electron chi connectivity index (χ3n) is 4.07. The first-order valence-electron chi connectivity index (χ1n) is 7.38. The number of hydrogen-bond donors (Lipinski definition) is 1. The van der Waals surface area contributed by atoms with Crippen LogP contribution in [0.3, 0.4) is 0 Å². The van der Waals surface area contributed by atoms with Gasteiger partial charge in [0, 0.05) is 17.8 Å². The Kier molecular flexibility index (Phi) is 3.80. The minimum atomic E-state index is -0.331. The number of nitrogens with zero attached hydrogens (tertiary/aromatic N) is 2. The lowest BCUT2D eigenvalue weighted by Crippen LogP contribution is -2.25. The van der Waals surface area contributed by atoms with Crippen molar-refractivity contribution in [3.8, 4) is 0 Å². The van der Waals surface area contributed by atoms with Crippen molar-refractivity contribution in [3.63, 3.8) is 0 Å². The van der Waals surface area contributed by atoms with E-state index in [2.05, 4.69) is 4.98 Å². The number of nitrogens with two attached hydrogens (primary N) is 1. The molecule has 1 aliphatic rings. The monoisotopic (exact) mass is 305 g/mol. The second-order valence-corrected chi connectivity index (χ2v) is 6.66. The van der Waals surface area contributed by atoms with E-state index in [0.29, 0.717) is 19.4 Å². The van der Waals surface area contributed by atoms with Crippen LogP contribution in [0.1, 0.15) is 41.9 Å². The predicted octanol–water partition coefficient (Wildman–Crippen LogP) is 1.91. The van der Waals surface area contributed by atoms with Crippen LogP contribution in [0.2, 0.25) is 0 Å². The molecule has 112 valence electrons. The first kappa shape index (κ1) is 14.3. The normalized spacial score (nSPS) is 14.3. The minimum Gasteiger partial charge on any atom is -0.370 e. The van der Waals surface area contributed by atoms with Gasteiger partial charge in [0.2, 0.25) is 5.91 Å². The molecule has 21 heavy (non-hydrogen) atoms. The summed E-state index contributed by atoms with van der Waals surface area (Å²) in [6.07, 6.45) is 5.27. The number of primary amides is 1. The molecule has 3 rings (SSSR count). The molecule has 5 nitrogen and oxygen atoms in total. The van der Waals surface area contributed by atoms with E-state index >= 15 is 0 Å². The SMILES string of the molecule is Cc1nc2sc3c(c2c(=O)n1CCCC(N)=O)CCCC3. The van der Waals surface area contributed by atoms with Gasteiger partial charge in [-0.25, -0.2) is 4.98 Å². The standard InChI is InChI=1S/C15H19N3O2S/c1-9-17-14-13(10-5-2-3-6-11(10)21-14)15(20)18(9)8-4-7-12(16)19/h2-8H2,1H3,(H2,16,19). The van der Waals surface area contributed by atoms with E-state index in [1.165, 1.54) is 16.9 Å².